The van der Waals surface area contributed by atoms with Gasteiger partial charge in [0.05, 0.1) is 11.8 Å². The Morgan fingerprint density at radius 2 is 1.38 bits per heavy atom. The number of carbonyl (C=O) groups excluding carboxylic acids is 3. The highest BCUT2D eigenvalue weighted by Crippen LogP contribution is 2.69. The number of carbonyl (C=O) groups is 3. The van der Waals surface area contributed by atoms with Crippen LogP contribution >= 0.6 is 0 Å². The van der Waals surface area contributed by atoms with Gasteiger partial charge in [-0.05, 0) is 13.3 Å². The third kappa shape index (κ3) is 2.96. The molecule has 0 N–H and O–H groups in total. The molecule has 4 fully saturated rings. The first-order valence-corrected chi connectivity index (χ1v) is 10.4. The summed E-state index contributed by atoms with van der Waals surface area (Å²) in [5, 5.41) is 0. The Morgan fingerprint density at radius 1 is 0.892 bits per heavy atom. The van der Waals surface area contributed by atoms with Crippen molar-refractivity contribution in [1.82, 2.24) is 0 Å². The van der Waals surface area contributed by atoms with Crippen molar-refractivity contribution in [3.8, 4) is 0 Å². The first-order chi connectivity index (χ1) is 16.6. The lowest BCUT2D eigenvalue weighted by atomic mass is 9.72. The minimum atomic E-state index is -7.40. The maximum Gasteiger partial charge on any atom is 0.384 e. The average Bonchev–Trinajstić information content (AvgIpc) is 3.39. The van der Waals surface area contributed by atoms with Gasteiger partial charge in [0.1, 0.15) is 18.8 Å². The van der Waals surface area contributed by atoms with Gasteiger partial charge in [-0.25, -0.2) is 9.18 Å². The van der Waals surface area contributed by atoms with E-state index in [9.17, 15) is 62.7 Å². The fourth-order valence-electron chi connectivity index (χ4n) is 5.43. The highest BCUT2D eigenvalue weighted by atomic mass is 19.4. The summed E-state index contributed by atoms with van der Waals surface area (Å²) in [6.07, 6.45) is -2.54. The van der Waals surface area contributed by atoms with Crippen LogP contribution in [0, 0.1) is 23.7 Å². The van der Waals surface area contributed by atoms with Gasteiger partial charge in [0, 0.05) is 17.4 Å². The van der Waals surface area contributed by atoms with Crippen molar-refractivity contribution in [2.45, 2.75) is 60.8 Å². The molecule has 0 aromatic heterocycles. The Morgan fingerprint density at radius 3 is 1.86 bits per heavy atom. The third-order valence-corrected chi connectivity index (χ3v) is 7.40. The van der Waals surface area contributed by atoms with Crippen molar-refractivity contribution in [3.63, 3.8) is 0 Å². The molecule has 6 nitrogen and oxygen atoms in total. The number of hydrogen-bond donors (Lipinski definition) is 0. The minimum absolute atomic E-state index is 0.107. The molecule has 1 saturated heterocycles. The lowest BCUT2D eigenvalue weighted by Gasteiger charge is -2.52. The Hall–Kier alpha value is -2.62. The van der Waals surface area contributed by atoms with E-state index in [2.05, 4.69) is 11.3 Å². The Labute approximate surface area is 199 Å². The van der Waals surface area contributed by atoms with Gasteiger partial charge >= 0.3 is 47.5 Å². The molecule has 0 spiro atoms. The van der Waals surface area contributed by atoms with E-state index >= 15 is 0 Å². The number of esters is 3. The maximum atomic E-state index is 14.9. The molecule has 1 heterocycles. The Balaban J connectivity index is 1.63. The molecule has 0 aromatic carbocycles. The van der Waals surface area contributed by atoms with Crippen LogP contribution in [0.25, 0.3) is 0 Å². The summed E-state index contributed by atoms with van der Waals surface area (Å²) in [5.74, 6) is -45.8. The van der Waals surface area contributed by atoms with Crippen LogP contribution in [0.5, 0.6) is 0 Å². The summed E-state index contributed by atoms with van der Waals surface area (Å²) < 4.78 is 167. The highest BCUT2D eigenvalue weighted by molar-refractivity contribution is 5.88. The van der Waals surface area contributed by atoms with E-state index in [-0.39, 0.29) is 12.0 Å². The zero-order chi connectivity index (χ0) is 28.3. The molecule has 17 heteroatoms. The SMILES string of the molecule is C=C(C)C(=O)OC1C2CC3C1OC(=O)C3C2C(=O)OCC1(F)C(F)(F)C(F)(F)C(F)(F)C(F)(F)C1(F)F. The van der Waals surface area contributed by atoms with Crippen molar-refractivity contribution in [1.29, 1.82) is 0 Å². The highest BCUT2D eigenvalue weighted by Gasteiger charge is 3.01. The third-order valence-electron chi connectivity index (χ3n) is 7.40. The molecular formula is C20H15F11O6. The van der Waals surface area contributed by atoms with Crippen LogP contribution in [0.15, 0.2) is 12.2 Å². The van der Waals surface area contributed by atoms with Gasteiger partial charge in [-0.15, -0.1) is 0 Å². The minimum Gasteiger partial charge on any atom is -0.462 e. The second kappa shape index (κ2) is 7.48. The van der Waals surface area contributed by atoms with Gasteiger partial charge < -0.3 is 14.2 Å². The molecule has 3 saturated carbocycles. The van der Waals surface area contributed by atoms with Crippen molar-refractivity contribution in [2.75, 3.05) is 6.61 Å². The van der Waals surface area contributed by atoms with E-state index in [0.29, 0.717) is 0 Å². The number of halogens is 11. The fraction of sp³-hybridized carbons (Fsp3) is 0.750. The van der Waals surface area contributed by atoms with E-state index in [1.807, 2.05) is 0 Å². The Kier molecular flexibility index (Phi) is 5.55. The van der Waals surface area contributed by atoms with Crippen LogP contribution < -0.4 is 0 Å². The van der Waals surface area contributed by atoms with Crippen molar-refractivity contribution < 1.29 is 76.9 Å². The zero-order valence-electron chi connectivity index (χ0n) is 18.2. The molecule has 4 aliphatic rings. The van der Waals surface area contributed by atoms with E-state index in [1.165, 1.54) is 6.92 Å². The van der Waals surface area contributed by atoms with Gasteiger partial charge in [-0.1, -0.05) is 6.58 Å². The Bertz CT molecular complexity index is 1040. The van der Waals surface area contributed by atoms with E-state index < -0.39 is 95.7 Å². The van der Waals surface area contributed by atoms with Crippen LogP contribution in [0.1, 0.15) is 13.3 Å². The lowest BCUT2D eigenvalue weighted by Crippen LogP contribution is -2.84. The lowest BCUT2D eigenvalue weighted by molar-refractivity contribution is -0.487. The van der Waals surface area contributed by atoms with Gasteiger partial charge in [-0.3, -0.25) is 9.59 Å². The van der Waals surface area contributed by atoms with Crippen LogP contribution in [0.2, 0.25) is 0 Å². The van der Waals surface area contributed by atoms with Crippen LogP contribution in [0.3, 0.4) is 0 Å². The summed E-state index contributed by atoms with van der Waals surface area (Å²) in [7, 11) is 0. The van der Waals surface area contributed by atoms with E-state index in [1.54, 1.807) is 0 Å². The summed E-state index contributed by atoms with van der Waals surface area (Å²) >= 11 is 0. The largest absolute Gasteiger partial charge is 0.462 e. The predicted molar refractivity (Wildman–Crippen MR) is 92.7 cm³/mol. The molecule has 3 aliphatic carbocycles. The van der Waals surface area contributed by atoms with Crippen molar-refractivity contribution >= 4 is 17.9 Å². The van der Waals surface area contributed by atoms with Gasteiger partial charge in [0.15, 0.2) is 0 Å². The summed E-state index contributed by atoms with van der Waals surface area (Å²) in [4.78, 5) is 36.7. The van der Waals surface area contributed by atoms with E-state index in [0.717, 1.165) is 0 Å². The first-order valence-electron chi connectivity index (χ1n) is 10.4. The molecule has 0 amide bonds. The molecule has 1 aliphatic heterocycles. The zero-order valence-corrected chi connectivity index (χ0v) is 18.2. The van der Waals surface area contributed by atoms with Gasteiger partial charge in [-0.2, -0.15) is 43.9 Å². The number of alkyl halides is 11. The predicted octanol–water partition coefficient (Wildman–Crippen LogP) is 3.72. The quantitative estimate of drug-likeness (QED) is 0.221. The smallest absolute Gasteiger partial charge is 0.384 e. The average molecular weight is 560 g/mol. The second-order valence-electron chi connectivity index (χ2n) is 9.45. The summed E-state index contributed by atoms with van der Waals surface area (Å²) in [6.45, 7) is 1.33. The molecular weight excluding hydrogens is 545 g/mol. The number of ether oxygens (including phenoxy) is 3. The normalized spacial score (nSPS) is 38.5. The molecule has 6 atom stereocenters. The fourth-order valence-corrected chi connectivity index (χ4v) is 5.43. The number of hydrogen-bond acceptors (Lipinski definition) is 6. The maximum absolute atomic E-state index is 14.9. The molecule has 0 radical (unpaired) electrons. The summed E-state index contributed by atoms with van der Waals surface area (Å²) in [5.41, 5.74) is -6.64. The van der Waals surface area contributed by atoms with Crippen LogP contribution in [-0.4, -0.2) is 72.0 Å². The standard InChI is InChI=1S/C20H15F11O6/c1-5(2)12(32)36-10-6-3-7-9(14(34)37-11(7)10)8(6)13(33)35-4-15(21)16(22,23)18(26,27)20(30,31)19(28,29)17(15,24)25/h6-11H,1,3-4H2,2H3. The second-order valence-corrected chi connectivity index (χ2v) is 9.45. The van der Waals surface area contributed by atoms with E-state index in [4.69, 9.17) is 9.47 Å². The summed E-state index contributed by atoms with van der Waals surface area (Å²) in [6, 6.07) is 0. The molecule has 6 unspecified atom stereocenters. The van der Waals surface area contributed by atoms with Crippen molar-refractivity contribution in [3.05, 3.63) is 12.2 Å². The molecule has 208 valence electrons. The number of rotatable bonds is 5. The first kappa shape index (κ1) is 27.4. The molecule has 2 bridgehead atoms. The molecule has 0 aromatic rings. The monoisotopic (exact) mass is 560 g/mol. The topological polar surface area (TPSA) is 78.9 Å². The molecule has 4 rings (SSSR count). The van der Waals surface area contributed by atoms with Gasteiger partial charge in [0.25, 0.3) is 5.67 Å². The van der Waals surface area contributed by atoms with Crippen LogP contribution in [0.4, 0.5) is 48.3 Å². The van der Waals surface area contributed by atoms with Crippen molar-refractivity contribution in [2.24, 2.45) is 23.7 Å². The number of fused-ring (bicyclic) bond motifs is 1. The van der Waals surface area contributed by atoms with Crippen LogP contribution in [-0.2, 0) is 28.6 Å². The molecule has 37 heavy (non-hydrogen) atoms. The van der Waals surface area contributed by atoms with Gasteiger partial charge in [0.2, 0.25) is 0 Å².